The summed E-state index contributed by atoms with van der Waals surface area (Å²) in [4.78, 5) is 32.1. The topological polar surface area (TPSA) is 53.1 Å². The van der Waals surface area contributed by atoms with Crippen molar-refractivity contribution < 1.29 is 14.3 Å². The van der Waals surface area contributed by atoms with Gasteiger partial charge in [-0.25, -0.2) is 0 Å². The van der Waals surface area contributed by atoms with Crippen LogP contribution in [0.1, 0.15) is 41.7 Å². The average molecular weight is 547 g/mol. The van der Waals surface area contributed by atoms with Crippen LogP contribution in [0.5, 0.6) is 5.75 Å². The van der Waals surface area contributed by atoms with Gasteiger partial charge in [-0.05, 0) is 55.0 Å². The van der Waals surface area contributed by atoms with E-state index in [9.17, 15) is 9.59 Å². The molecule has 2 amide bonds. The lowest BCUT2D eigenvalue weighted by molar-refractivity contribution is -0.133. The Morgan fingerprint density at radius 2 is 1.97 bits per heavy atom. The highest BCUT2D eigenvalue weighted by atomic mass is 35.5. The third-order valence-corrected chi connectivity index (χ3v) is 8.95. The number of allylic oxidation sites excluding steroid dienone is 1. The van der Waals surface area contributed by atoms with E-state index in [0.29, 0.717) is 26.7 Å². The summed E-state index contributed by atoms with van der Waals surface area (Å²) in [6, 6.07) is 11.7. The van der Waals surface area contributed by atoms with E-state index in [1.165, 1.54) is 23.3 Å². The fraction of sp³-hybridized carbons (Fsp3) is 0.407. The van der Waals surface area contributed by atoms with E-state index < -0.39 is 0 Å². The van der Waals surface area contributed by atoms with Gasteiger partial charge >= 0.3 is 0 Å². The van der Waals surface area contributed by atoms with E-state index in [1.807, 2.05) is 18.8 Å². The lowest BCUT2D eigenvalue weighted by atomic mass is 9.99. The smallest absolute Gasteiger partial charge is 0.265 e. The normalized spacial score (nSPS) is 20.4. The Bertz CT molecular complexity index is 1180. The second kappa shape index (κ2) is 11.1. The van der Waals surface area contributed by atoms with E-state index in [4.69, 9.17) is 27.9 Å². The number of hydrogen-bond acceptors (Lipinski definition) is 5. The number of carbonyl (C=O) groups excluding carboxylic acids is 2. The molecule has 0 bridgehead atoms. The highest BCUT2D eigenvalue weighted by Gasteiger charge is 2.32. The van der Waals surface area contributed by atoms with Crippen molar-refractivity contribution in [3.05, 3.63) is 69.1 Å². The summed E-state index contributed by atoms with van der Waals surface area (Å²) >= 11 is 14.2. The molecule has 0 aromatic heterocycles. The molecule has 5 rings (SSSR count). The van der Waals surface area contributed by atoms with Gasteiger partial charge in [0.25, 0.3) is 5.91 Å². The number of benzene rings is 2. The summed E-state index contributed by atoms with van der Waals surface area (Å²) < 4.78 is 5.54. The number of nitrogens with zero attached hydrogens (tertiary/aromatic N) is 3. The van der Waals surface area contributed by atoms with Gasteiger partial charge < -0.3 is 14.5 Å². The molecule has 0 spiro atoms. The summed E-state index contributed by atoms with van der Waals surface area (Å²) in [6.07, 6.45) is 5.58. The quantitative estimate of drug-likeness (QED) is 0.446. The van der Waals surface area contributed by atoms with Gasteiger partial charge in [-0.15, -0.1) is 11.8 Å². The molecule has 0 aliphatic carbocycles. The van der Waals surface area contributed by atoms with Crippen LogP contribution in [-0.4, -0.2) is 61.4 Å². The molecule has 0 radical (unpaired) electrons. The van der Waals surface area contributed by atoms with Crippen molar-refractivity contribution in [3.63, 3.8) is 0 Å². The van der Waals surface area contributed by atoms with Crippen LogP contribution >= 0.6 is 35.0 Å². The lowest BCUT2D eigenvalue weighted by Crippen LogP contribution is -2.47. The van der Waals surface area contributed by atoms with Gasteiger partial charge in [-0.3, -0.25) is 14.5 Å². The maximum absolute atomic E-state index is 13.6. The first kappa shape index (κ1) is 25.5. The van der Waals surface area contributed by atoms with Crippen molar-refractivity contribution in [1.29, 1.82) is 0 Å². The molecule has 9 heteroatoms. The van der Waals surface area contributed by atoms with Gasteiger partial charge in [-0.2, -0.15) is 0 Å². The molecular formula is C27H29Cl2N3O3S. The minimum absolute atomic E-state index is 0.0950. The lowest BCUT2D eigenvalue weighted by Gasteiger charge is -2.35. The fourth-order valence-corrected chi connectivity index (χ4v) is 6.27. The standard InChI is InChI=1S/C27H29Cl2N3O3S/c1-30(26(33)16-32-22-13-20(28)21(29)14-24(22)35-17-27(32)34)23(15-31-9-2-3-10-31)18-6-4-7-19(12-18)25-8-5-11-36-25/h4-7,11-14,23,25H,2-3,8-10,15-17H2,1H3. The molecule has 36 heavy (non-hydrogen) atoms. The SMILES string of the molecule is CN(C(=O)CN1C(=O)COc2cc(Cl)c(Cl)cc21)C(CN1CCCC1)c1cccc(C2CC=CS2)c1. The Labute approximate surface area is 226 Å². The van der Waals surface area contributed by atoms with Gasteiger partial charge in [0.15, 0.2) is 6.61 Å². The van der Waals surface area contributed by atoms with Crippen LogP contribution in [0.3, 0.4) is 0 Å². The van der Waals surface area contributed by atoms with Gasteiger partial charge in [0.05, 0.1) is 21.8 Å². The molecule has 3 aliphatic heterocycles. The summed E-state index contributed by atoms with van der Waals surface area (Å²) in [5.74, 6) is 0.0173. The van der Waals surface area contributed by atoms with Gasteiger partial charge in [0, 0.05) is 24.9 Å². The molecule has 3 heterocycles. The second-order valence-electron chi connectivity index (χ2n) is 9.43. The first-order valence-electron chi connectivity index (χ1n) is 12.2. The van der Waals surface area contributed by atoms with Crippen LogP contribution in [0.4, 0.5) is 5.69 Å². The van der Waals surface area contributed by atoms with Crippen molar-refractivity contribution in [2.75, 3.05) is 44.7 Å². The summed E-state index contributed by atoms with van der Waals surface area (Å²) in [5.41, 5.74) is 2.86. The van der Waals surface area contributed by atoms with E-state index in [1.54, 1.807) is 17.0 Å². The molecule has 0 saturated carbocycles. The third kappa shape index (κ3) is 5.40. The number of hydrogen-bond donors (Lipinski definition) is 0. The van der Waals surface area contributed by atoms with Crippen LogP contribution in [0.15, 0.2) is 47.9 Å². The molecule has 2 unspecified atom stereocenters. The maximum atomic E-state index is 13.6. The van der Waals surface area contributed by atoms with Crippen molar-refractivity contribution in [1.82, 2.24) is 9.80 Å². The zero-order valence-corrected chi connectivity index (χ0v) is 22.5. The molecule has 1 fully saturated rings. The molecule has 2 aromatic carbocycles. The monoisotopic (exact) mass is 545 g/mol. The molecule has 2 atom stereocenters. The van der Waals surface area contributed by atoms with Crippen molar-refractivity contribution in [2.45, 2.75) is 30.6 Å². The molecule has 190 valence electrons. The van der Waals surface area contributed by atoms with E-state index in [-0.39, 0.29) is 31.0 Å². The molecule has 1 saturated heterocycles. The predicted molar refractivity (Wildman–Crippen MR) is 146 cm³/mol. The molecular weight excluding hydrogens is 517 g/mol. The minimum atomic E-state index is -0.286. The predicted octanol–water partition coefficient (Wildman–Crippen LogP) is 5.71. The Kier molecular flexibility index (Phi) is 7.82. The largest absolute Gasteiger partial charge is 0.482 e. The number of thioether (sulfide) groups is 1. The molecule has 6 nitrogen and oxygen atoms in total. The Morgan fingerprint density at radius 1 is 1.19 bits per heavy atom. The maximum Gasteiger partial charge on any atom is 0.265 e. The summed E-state index contributed by atoms with van der Waals surface area (Å²) in [6.45, 7) is 2.60. The number of ether oxygens (including phenoxy) is 1. The van der Waals surface area contributed by atoms with Gasteiger partial charge in [0.1, 0.15) is 12.3 Å². The fourth-order valence-electron chi connectivity index (χ4n) is 5.02. The van der Waals surface area contributed by atoms with Crippen LogP contribution in [0.25, 0.3) is 0 Å². The minimum Gasteiger partial charge on any atom is -0.482 e. The summed E-state index contributed by atoms with van der Waals surface area (Å²) in [7, 11) is 1.84. The zero-order valence-electron chi connectivity index (χ0n) is 20.2. The van der Waals surface area contributed by atoms with Crippen LogP contribution < -0.4 is 9.64 Å². The zero-order chi connectivity index (χ0) is 25.2. The molecule has 3 aliphatic rings. The van der Waals surface area contributed by atoms with Crippen LogP contribution in [0, 0.1) is 0 Å². The number of rotatable bonds is 7. The van der Waals surface area contributed by atoms with E-state index >= 15 is 0 Å². The number of fused-ring (bicyclic) bond motifs is 1. The summed E-state index contributed by atoms with van der Waals surface area (Å²) in [5, 5.41) is 3.22. The van der Waals surface area contributed by atoms with Gasteiger partial charge in [-0.1, -0.05) is 53.5 Å². The van der Waals surface area contributed by atoms with Crippen molar-refractivity contribution in [3.8, 4) is 5.75 Å². The van der Waals surface area contributed by atoms with Crippen LogP contribution in [0.2, 0.25) is 10.0 Å². The average Bonchev–Trinajstić information content (AvgIpc) is 3.60. The first-order chi connectivity index (χ1) is 17.4. The Balaban J connectivity index is 1.40. The third-order valence-electron chi connectivity index (χ3n) is 7.09. The number of amides is 2. The number of likely N-dealkylation sites (N-methyl/N-ethyl adjacent to an activating group) is 1. The number of likely N-dealkylation sites (tertiary alicyclic amines) is 1. The number of anilines is 1. The molecule has 0 N–H and O–H groups in total. The van der Waals surface area contributed by atoms with E-state index in [2.05, 4.69) is 40.6 Å². The van der Waals surface area contributed by atoms with Crippen molar-refractivity contribution in [2.24, 2.45) is 0 Å². The Hall–Kier alpha value is -2.19. The number of carbonyl (C=O) groups is 2. The van der Waals surface area contributed by atoms with Crippen LogP contribution in [-0.2, 0) is 9.59 Å². The highest BCUT2D eigenvalue weighted by Crippen LogP contribution is 2.40. The first-order valence-corrected chi connectivity index (χ1v) is 13.9. The highest BCUT2D eigenvalue weighted by molar-refractivity contribution is 8.02. The van der Waals surface area contributed by atoms with Gasteiger partial charge in [0.2, 0.25) is 5.91 Å². The second-order valence-corrected chi connectivity index (χ2v) is 11.4. The molecule has 2 aromatic rings. The Morgan fingerprint density at radius 3 is 2.72 bits per heavy atom. The van der Waals surface area contributed by atoms with E-state index in [0.717, 1.165) is 31.6 Å². The van der Waals surface area contributed by atoms with Crippen molar-refractivity contribution >= 4 is 52.5 Å². The number of halogens is 2.